The summed E-state index contributed by atoms with van der Waals surface area (Å²) < 4.78 is 13.6. The summed E-state index contributed by atoms with van der Waals surface area (Å²) >= 11 is 0. The molecule has 0 aliphatic carbocycles. The molecule has 6 nitrogen and oxygen atoms in total. The molecular weight excluding hydrogens is 216 g/mol. The summed E-state index contributed by atoms with van der Waals surface area (Å²) in [5, 5.41) is 0. The lowest BCUT2D eigenvalue weighted by Crippen LogP contribution is -2.32. The Morgan fingerprint density at radius 3 is 1.94 bits per heavy atom. The van der Waals surface area contributed by atoms with Crippen molar-refractivity contribution in [3.05, 3.63) is 0 Å². The average Bonchev–Trinajstić information content (AvgIpc) is 2.26. The van der Waals surface area contributed by atoms with Gasteiger partial charge in [-0.15, -0.1) is 0 Å². The quantitative estimate of drug-likeness (QED) is 0.500. The first-order valence-corrected chi connectivity index (χ1v) is 4.77. The first kappa shape index (κ1) is 14.4. The van der Waals surface area contributed by atoms with Crippen molar-refractivity contribution < 1.29 is 28.6 Å². The van der Waals surface area contributed by atoms with E-state index in [1.807, 2.05) is 0 Å². The van der Waals surface area contributed by atoms with Crippen LogP contribution in [0.1, 0.15) is 20.3 Å². The minimum Gasteiger partial charge on any atom is -0.469 e. The maximum atomic E-state index is 11.3. The molecule has 1 atom stereocenters. The molecule has 0 spiro atoms. The van der Waals surface area contributed by atoms with E-state index in [0.29, 0.717) is 0 Å². The lowest BCUT2D eigenvalue weighted by molar-refractivity contribution is -0.171. The summed E-state index contributed by atoms with van der Waals surface area (Å²) in [6.07, 6.45) is -1.59. The Bertz CT molecular complexity index is 270. The fourth-order valence-electron chi connectivity index (χ4n) is 0.816. The predicted octanol–water partition coefficient (Wildman–Crippen LogP) is 0.290. The van der Waals surface area contributed by atoms with Crippen LogP contribution >= 0.6 is 0 Å². The lowest BCUT2D eigenvalue weighted by atomic mass is 10.2. The van der Waals surface area contributed by atoms with Crippen molar-refractivity contribution in [2.75, 3.05) is 14.2 Å². The topological polar surface area (TPSA) is 78.9 Å². The molecule has 0 heterocycles. The second-order valence-corrected chi connectivity index (χ2v) is 3.38. The van der Waals surface area contributed by atoms with Gasteiger partial charge in [-0.3, -0.25) is 9.59 Å². The van der Waals surface area contributed by atoms with Crippen LogP contribution in [0, 0.1) is 5.92 Å². The molecule has 92 valence electrons. The second kappa shape index (κ2) is 6.81. The molecule has 0 saturated heterocycles. The van der Waals surface area contributed by atoms with Crippen LogP contribution in [0.25, 0.3) is 0 Å². The molecule has 0 aliphatic rings. The van der Waals surface area contributed by atoms with E-state index in [2.05, 4.69) is 9.47 Å². The van der Waals surface area contributed by atoms with E-state index >= 15 is 0 Å². The van der Waals surface area contributed by atoms with Crippen LogP contribution in [-0.2, 0) is 28.6 Å². The minimum atomic E-state index is -1.24. The molecule has 0 aromatic heterocycles. The number of carbonyl (C=O) groups excluding carboxylic acids is 3. The summed E-state index contributed by atoms with van der Waals surface area (Å²) in [7, 11) is 2.33. The number of ether oxygens (including phenoxy) is 3. The third-order valence-corrected chi connectivity index (χ3v) is 1.77. The molecule has 0 aromatic carbocycles. The fraction of sp³-hybridized carbons (Fsp3) is 0.700. The Morgan fingerprint density at radius 2 is 1.56 bits per heavy atom. The first-order chi connectivity index (χ1) is 7.42. The molecule has 0 amide bonds. The maximum absolute atomic E-state index is 11.3. The number of hydrogen-bond acceptors (Lipinski definition) is 6. The standard InChI is InChI=1S/C10H16O6/c1-6(2)9(12)16-7(10(13)15-4)5-8(11)14-3/h6-7H,5H2,1-4H3/t7-/m1/s1. The molecule has 16 heavy (non-hydrogen) atoms. The summed E-state index contributed by atoms with van der Waals surface area (Å²) in [5.74, 6) is -2.38. The Morgan fingerprint density at radius 1 is 1.00 bits per heavy atom. The average molecular weight is 232 g/mol. The zero-order valence-corrected chi connectivity index (χ0v) is 9.81. The Labute approximate surface area is 93.8 Å². The van der Waals surface area contributed by atoms with Crippen LogP contribution in [0.15, 0.2) is 0 Å². The molecule has 0 fully saturated rings. The molecule has 6 heteroatoms. The van der Waals surface area contributed by atoms with Crippen molar-refractivity contribution in [2.45, 2.75) is 26.4 Å². The van der Waals surface area contributed by atoms with E-state index in [0.717, 1.165) is 7.11 Å². The van der Waals surface area contributed by atoms with Crippen molar-refractivity contribution in [3.8, 4) is 0 Å². The zero-order valence-electron chi connectivity index (χ0n) is 9.81. The molecule has 0 N–H and O–H groups in total. The van der Waals surface area contributed by atoms with E-state index in [1.165, 1.54) is 7.11 Å². The molecule has 0 bridgehead atoms. The second-order valence-electron chi connectivity index (χ2n) is 3.38. The highest BCUT2D eigenvalue weighted by Crippen LogP contribution is 2.07. The van der Waals surface area contributed by atoms with Gasteiger partial charge in [0.1, 0.15) is 0 Å². The number of esters is 3. The van der Waals surface area contributed by atoms with Gasteiger partial charge in [0.15, 0.2) is 0 Å². The summed E-state index contributed by atoms with van der Waals surface area (Å²) in [5.41, 5.74) is 0. The monoisotopic (exact) mass is 232 g/mol. The largest absolute Gasteiger partial charge is 0.469 e. The number of carbonyl (C=O) groups is 3. The Hall–Kier alpha value is -1.59. The highest BCUT2D eigenvalue weighted by atomic mass is 16.6. The molecule has 0 radical (unpaired) electrons. The van der Waals surface area contributed by atoms with Crippen LogP contribution in [0.4, 0.5) is 0 Å². The van der Waals surface area contributed by atoms with E-state index in [-0.39, 0.29) is 12.3 Å². The SMILES string of the molecule is COC(=O)C[C@@H](OC(=O)C(C)C)C(=O)OC. The van der Waals surface area contributed by atoms with Crippen molar-refractivity contribution in [1.29, 1.82) is 0 Å². The smallest absolute Gasteiger partial charge is 0.347 e. The normalized spacial score (nSPS) is 11.8. The third kappa shape index (κ3) is 4.77. The van der Waals surface area contributed by atoms with Gasteiger partial charge in [0.2, 0.25) is 6.10 Å². The van der Waals surface area contributed by atoms with Gasteiger partial charge < -0.3 is 14.2 Å². The van der Waals surface area contributed by atoms with Crippen LogP contribution in [0.2, 0.25) is 0 Å². The Balaban J connectivity index is 4.49. The summed E-state index contributed by atoms with van der Waals surface area (Å²) in [4.78, 5) is 33.4. The lowest BCUT2D eigenvalue weighted by Gasteiger charge is -2.15. The van der Waals surface area contributed by atoms with Crippen molar-refractivity contribution >= 4 is 17.9 Å². The van der Waals surface area contributed by atoms with E-state index in [1.54, 1.807) is 13.8 Å². The van der Waals surface area contributed by atoms with Crippen LogP contribution in [-0.4, -0.2) is 38.2 Å². The van der Waals surface area contributed by atoms with Crippen molar-refractivity contribution in [3.63, 3.8) is 0 Å². The number of rotatable bonds is 5. The zero-order chi connectivity index (χ0) is 12.7. The van der Waals surface area contributed by atoms with E-state index in [4.69, 9.17) is 4.74 Å². The van der Waals surface area contributed by atoms with E-state index < -0.39 is 24.0 Å². The van der Waals surface area contributed by atoms with E-state index in [9.17, 15) is 14.4 Å². The van der Waals surface area contributed by atoms with Crippen LogP contribution < -0.4 is 0 Å². The van der Waals surface area contributed by atoms with Gasteiger partial charge in [0, 0.05) is 0 Å². The molecule has 0 aromatic rings. The van der Waals surface area contributed by atoms with Gasteiger partial charge in [0.05, 0.1) is 26.6 Å². The predicted molar refractivity (Wildman–Crippen MR) is 53.4 cm³/mol. The molecular formula is C10H16O6. The number of hydrogen-bond donors (Lipinski definition) is 0. The molecule has 0 rings (SSSR count). The highest BCUT2D eigenvalue weighted by molar-refractivity contribution is 5.84. The van der Waals surface area contributed by atoms with Gasteiger partial charge >= 0.3 is 17.9 Å². The summed E-state index contributed by atoms with van der Waals surface area (Å²) in [6, 6.07) is 0. The fourth-order valence-corrected chi connectivity index (χ4v) is 0.816. The third-order valence-electron chi connectivity index (χ3n) is 1.77. The van der Waals surface area contributed by atoms with Gasteiger partial charge in [-0.2, -0.15) is 0 Å². The molecule has 0 saturated carbocycles. The van der Waals surface area contributed by atoms with Gasteiger partial charge in [-0.05, 0) is 0 Å². The van der Waals surface area contributed by atoms with Crippen LogP contribution in [0.5, 0.6) is 0 Å². The van der Waals surface area contributed by atoms with Crippen LogP contribution in [0.3, 0.4) is 0 Å². The van der Waals surface area contributed by atoms with Crippen molar-refractivity contribution in [2.24, 2.45) is 5.92 Å². The van der Waals surface area contributed by atoms with Gasteiger partial charge in [-0.1, -0.05) is 13.8 Å². The molecule has 0 aliphatic heterocycles. The first-order valence-electron chi connectivity index (χ1n) is 4.77. The minimum absolute atomic E-state index is 0.346. The number of methoxy groups -OCH3 is 2. The van der Waals surface area contributed by atoms with Crippen molar-refractivity contribution in [1.82, 2.24) is 0 Å². The van der Waals surface area contributed by atoms with Gasteiger partial charge in [-0.25, -0.2) is 4.79 Å². The van der Waals surface area contributed by atoms with Gasteiger partial charge in [0.25, 0.3) is 0 Å². The molecule has 0 unspecified atom stereocenters. The maximum Gasteiger partial charge on any atom is 0.347 e. The Kier molecular flexibility index (Phi) is 6.14. The highest BCUT2D eigenvalue weighted by Gasteiger charge is 2.28. The summed E-state index contributed by atoms with van der Waals surface area (Å²) in [6.45, 7) is 3.24.